The number of halogens is 3. The first-order valence-corrected chi connectivity index (χ1v) is 11.6. The number of rotatable bonds is 9. The maximum atomic E-state index is 13.7. The zero-order chi connectivity index (χ0) is 27.4. The Morgan fingerprint density at radius 2 is 1.92 bits per heavy atom. The van der Waals surface area contributed by atoms with Crippen LogP contribution in [-0.2, 0) is 11.3 Å². The molecule has 0 fully saturated rings. The summed E-state index contributed by atoms with van der Waals surface area (Å²) >= 11 is 0. The maximum Gasteiger partial charge on any atom is 0.387 e. The molecule has 2 aromatic heterocycles. The second kappa shape index (κ2) is 10.9. The van der Waals surface area contributed by atoms with Crippen LogP contribution in [0.2, 0.25) is 0 Å². The number of aromatic nitrogens is 3. The van der Waals surface area contributed by atoms with Gasteiger partial charge in [-0.1, -0.05) is 17.7 Å². The van der Waals surface area contributed by atoms with Gasteiger partial charge in [-0.15, -0.1) is 0 Å². The maximum absolute atomic E-state index is 13.7. The van der Waals surface area contributed by atoms with Gasteiger partial charge >= 0.3 is 12.6 Å². The van der Waals surface area contributed by atoms with Crippen LogP contribution < -0.4 is 15.4 Å². The van der Waals surface area contributed by atoms with E-state index < -0.39 is 41.4 Å². The van der Waals surface area contributed by atoms with E-state index >= 15 is 0 Å². The highest BCUT2D eigenvalue weighted by Crippen LogP contribution is 2.35. The monoisotopic (exact) mass is 531 g/mol. The van der Waals surface area contributed by atoms with Gasteiger partial charge in [0.15, 0.2) is 17.2 Å². The Labute approximate surface area is 214 Å². The summed E-state index contributed by atoms with van der Waals surface area (Å²) < 4.78 is 44.0. The summed E-state index contributed by atoms with van der Waals surface area (Å²) in [6, 6.07) is 6.07. The second-order valence-electron chi connectivity index (χ2n) is 9.07. The van der Waals surface area contributed by atoms with E-state index in [2.05, 4.69) is 25.5 Å². The van der Waals surface area contributed by atoms with Gasteiger partial charge in [0.2, 0.25) is 0 Å². The smallest absolute Gasteiger partial charge is 0.387 e. The number of carbonyl (C=O) groups excluding carboxylic acids is 2. The molecule has 200 valence electrons. The summed E-state index contributed by atoms with van der Waals surface area (Å²) in [5.74, 6) is -3.66. The first kappa shape index (κ1) is 26.6. The van der Waals surface area contributed by atoms with E-state index in [0.717, 1.165) is 17.7 Å². The minimum atomic E-state index is -3.20. The molecule has 4 rings (SSSR count). The van der Waals surface area contributed by atoms with Gasteiger partial charge in [0.05, 0.1) is 11.6 Å². The first-order chi connectivity index (χ1) is 18.1. The van der Waals surface area contributed by atoms with E-state index in [0.29, 0.717) is 24.8 Å². The SMILES string of the molecule is CC1(C(=O)O)CC=C(CNC(=O)c2cc(C(=O)NCc3ccc(F)c(OC(F)F)c3)nc3ccnn23)CC1. The van der Waals surface area contributed by atoms with Gasteiger partial charge in [0, 0.05) is 25.2 Å². The van der Waals surface area contributed by atoms with Crippen molar-refractivity contribution in [3.63, 3.8) is 0 Å². The Kier molecular flexibility index (Phi) is 7.65. The van der Waals surface area contributed by atoms with E-state index in [1.807, 2.05) is 6.08 Å². The molecule has 1 aliphatic carbocycles. The quantitative estimate of drug-likeness (QED) is 0.361. The fraction of sp³-hybridized carbons (Fsp3) is 0.320. The number of aliphatic carboxylic acids is 1. The molecule has 0 radical (unpaired) electrons. The average molecular weight is 531 g/mol. The van der Waals surface area contributed by atoms with Crippen LogP contribution in [-0.4, -0.2) is 50.6 Å². The molecule has 10 nitrogen and oxygen atoms in total. The number of benzene rings is 1. The second-order valence-corrected chi connectivity index (χ2v) is 9.07. The van der Waals surface area contributed by atoms with Gasteiger partial charge in [0.25, 0.3) is 11.8 Å². The topological polar surface area (TPSA) is 135 Å². The van der Waals surface area contributed by atoms with Gasteiger partial charge in [-0.2, -0.15) is 13.9 Å². The Bertz CT molecular complexity index is 1420. The van der Waals surface area contributed by atoms with Crippen LogP contribution in [0.15, 0.2) is 48.2 Å². The number of allylic oxidation sites excluding steroid dienone is 1. The van der Waals surface area contributed by atoms with Crippen LogP contribution in [0.25, 0.3) is 5.65 Å². The van der Waals surface area contributed by atoms with Crippen LogP contribution in [0.4, 0.5) is 13.2 Å². The molecule has 13 heteroatoms. The highest BCUT2D eigenvalue weighted by molar-refractivity contribution is 5.98. The van der Waals surface area contributed by atoms with E-state index in [1.165, 1.54) is 28.9 Å². The molecule has 0 bridgehead atoms. The third kappa shape index (κ3) is 5.93. The lowest BCUT2D eigenvalue weighted by Gasteiger charge is -2.28. The van der Waals surface area contributed by atoms with Gasteiger partial charge < -0.3 is 20.5 Å². The molecule has 38 heavy (non-hydrogen) atoms. The first-order valence-electron chi connectivity index (χ1n) is 11.6. The van der Waals surface area contributed by atoms with Crippen LogP contribution in [0.5, 0.6) is 5.75 Å². The predicted octanol–water partition coefficient (Wildman–Crippen LogP) is 3.33. The van der Waals surface area contributed by atoms with E-state index in [1.54, 1.807) is 6.92 Å². The van der Waals surface area contributed by atoms with Crippen molar-refractivity contribution in [3.05, 3.63) is 70.9 Å². The molecule has 3 N–H and O–H groups in total. The number of carbonyl (C=O) groups is 3. The van der Waals surface area contributed by atoms with Crippen LogP contribution in [0.1, 0.15) is 52.7 Å². The van der Waals surface area contributed by atoms with E-state index in [9.17, 15) is 32.7 Å². The normalized spacial score (nSPS) is 17.2. The Morgan fingerprint density at radius 1 is 1.16 bits per heavy atom. The molecule has 3 aromatic rings. The summed E-state index contributed by atoms with van der Waals surface area (Å²) in [4.78, 5) is 41.4. The number of carboxylic acids is 1. The lowest BCUT2D eigenvalue weighted by Crippen LogP contribution is -2.33. The molecule has 0 saturated carbocycles. The molecule has 2 heterocycles. The summed E-state index contributed by atoms with van der Waals surface area (Å²) in [6.07, 6.45) is 4.58. The van der Waals surface area contributed by atoms with Crippen LogP contribution in [0, 0.1) is 11.2 Å². The number of alkyl halides is 2. The fourth-order valence-corrected chi connectivity index (χ4v) is 3.96. The zero-order valence-corrected chi connectivity index (χ0v) is 20.2. The van der Waals surface area contributed by atoms with Crippen molar-refractivity contribution in [1.29, 1.82) is 0 Å². The standard InChI is InChI=1S/C25H24F3N5O5/c1-25(23(36)37)7-4-14(5-8-25)12-30-22(35)18-11-17(32-20-6-9-31-33(18)20)21(34)29-13-15-2-3-16(26)19(10-15)38-24(27)28/h2-4,6,9-11,24H,5,7-8,12-13H2,1H3,(H,29,34)(H,30,35)(H,36,37). The van der Waals surface area contributed by atoms with Gasteiger partial charge in [0.1, 0.15) is 11.4 Å². The fourth-order valence-electron chi connectivity index (χ4n) is 3.96. The van der Waals surface area contributed by atoms with Crippen molar-refractivity contribution < 1.29 is 37.4 Å². The highest BCUT2D eigenvalue weighted by Gasteiger charge is 2.34. The Morgan fingerprint density at radius 3 is 2.61 bits per heavy atom. The molecule has 1 unspecified atom stereocenters. The van der Waals surface area contributed by atoms with Crippen LogP contribution >= 0.6 is 0 Å². The molecule has 1 aromatic carbocycles. The molecule has 1 aliphatic rings. The molecular weight excluding hydrogens is 507 g/mol. The number of fused-ring (bicyclic) bond motifs is 1. The molecule has 0 saturated heterocycles. The number of carboxylic acid groups (broad SMARTS) is 1. The van der Waals surface area contributed by atoms with Crippen molar-refractivity contribution in [3.8, 4) is 5.75 Å². The summed E-state index contributed by atoms with van der Waals surface area (Å²) in [5, 5.41) is 18.8. The minimum absolute atomic E-state index is 0.0475. The molecule has 0 aliphatic heterocycles. The van der Waals surface area contributed by atoms with E-state index in [4.69, 9.17) is 0 Å². The van der Waals surface area contributed by atoms with Crippen molar-refractivity contribution in [2.45, 2.75) is 39.3 Å². The Hall–Kier alpha value is -4.42. The average Bonchev–Trinajstić information content (AvgIpc) is 3.36. The Balaban J connectivity index is 1.45. The molecule has 1 atom stereocenters. The van der Waals surface area contributed by atoms with Crippen molar-refractivity contribution in [2.75, 3.05) is 6.54 Å². The lowest BCUT2D eigenvalue weighted by atomic mass is 9.76. The number of nitrogens with zero attached hydrogens (tertiary/aromatic N) is 3. The number of amides is 2. The van der Waals surface area contributed by atoms with Crippen LogP contribution in [0.3, 0.4) is 0 Å². The van der Waals surface area contributed by atoms with Crippen molar-refractivity contribution in [2.24, 2.45) is 5.41 Å². The third-order valence-corrected chi connectivity index (χ3v) is 6.32. The van der Waals surface area contributed by atoms with Crippen molar-refractivity contribution in [1.82, 2.24) is 25.2 Å². The number of ether oxygens (including phenoxy) is 1. The van der Waals surface area contributed by atoms with Gasteiger partial charge in [-0.25, -0.2) is 13.9 Å². The lowest BCUT2D eigenvalue weighted by molar-refractivity contribution is -0.148. The highest BCUT2D eigenvalue weighted by atomic mass is 19.3. The summed E-state index contributed by atoms with van der Waals surface area (Å²) in [6.45, 7) is -1.46. The predicted molar refractivity (Wildman–Crippen MR) is 127 cm³/mol. The largest absolute Gasteiger partial charge is 0.481 e. The van der Waals surface area contributed by atoms with Crippen molar-refractivity contribution >= 4 is 23.4 Å². The summed E-state index contributed by atoms with van der Waals surface area (Å²) in [5.41, 5.74) is 0.572. The number of hydrogen-bond acceptors (Lipinski definition) is 6. The molecule has 2 amide bonds. The summed E-state index contributed by atoms with van der Waals surface area (Å²) in [7, 11) is 0. The van der Waals surface area contributed by atoms with E-state index in [-0.39, 0.29) is 30.1 Å². The minimum Gasteiger partial charge on any atom is -0.481 e. The zero-order valence-electron chi connectivity index (χ0n) is 20.2. The number of nitrogens with one attached hydrogen (secondary N) is 2. The van der Waals surface area contributed by atoms with Gasteiger partial charge in [-0.3, -0.25) is 14.4 Å². The van der Waals surface area contributed by atoms with Gasteiger partial charge in [-0.05, 0) is 43.9 Å². The number of hydrogen-bond donors (Lipinski definition) is 3. The third-order valence-electron chi connectivity index (χ3n) is 6.32. The molecular formula is C25H24F3N5O5. The molecule has 0 spiro atoms.